The van der Waals surface area contributed by atoms with Gasteiger partial charge in [-0.3, -0.25) is 4.90 Å². The first kappa shape index (κ1) is 21.0. The summed E-state index contributed by atoms with van der Waals surface area (Å²) in [6, 6.07) is 20.5. The summed E-state index contributed by atoms with van der Waals surface area (Å²) in [5.41, 5.74) is 1.89. The number of ether oxygens (including phenoxy) is 1. The van der Waals surface area contributed by atoms with Crippen LogP contribution in [0.3, 0.4) is 0 Å². The van der Waals surface area contributed by atoms with Gasteiger partial charge in [0.15, 0.2) is 0 Å². The number of hydrogen-bond acceptors (Lipinski definition) is 3. The third-order valence-corrected chi connectivity index (χ3v) is 4.25. The van der Waals surface area contributed by atoms with Gasteiger partial charge >= 0.3 is 6.09 Å². The highest BCUT2D eigenvalue weighted by molar-refractivity contribution is 5.68. The van der Waals surface area contributed by atoms with Crippen molar-refractivity contribution >= 4 is 6.09 Å². The fourth-order valence-electron chi connectivity index (χ4n) is 2.82. The van der Waals surface area contributed by atoms with Gasteiger partial charge in [0.2, 0.25) is 0 Å². The molecule has 0 aliphatic heterocycles. The van der Waals surface area contributed by atoms with Crippen molar-refractivity contribution in [3.8, 4) is 0 Å². The van der Waals surface area contributed by atoms with Crippen molar-refractivity contribution in [1.29, 1.82) is 0 Å². The minimum absolute atomic E-state index is 0.262. The minimum atomic E-state index is -0.500. The Balaban J connectivity index is 2.02. The van der Waals surface area contributed by atoms with Crippen molar-refractivity contribution in [2.75, 3.05) is 19.6 Å². The molecule has 0 heterocycles. The molecule has 0 bridgehead atoms. The Kier molecular flexibility index (Phi) is 7.86. The zero-order valence-electron chi connectivity index (χ0n) is 17.0. The van der Waals surface area contributed by atoms with E-state index in [0.717, 1.165) is 25.2 Å². The second-order valence-electron chi connectivity index (χ2n) is 7.74. The smallest absolute Gasteiger partial charge is 0.410 e. The van der Waals surface area contributed by atoms with E-state index in [0.29, 0.717) is 13.1 Å². The highest BCUT2D eigenvalue weighted by atomic mass is 16.6. The van der Waals surface area contributed by atoms with E-state index in [-0.39, 0.29) is 6.09 Å². The molecule has 0 N–H and O–H groups in total. The van der Waals surface area contributed by atoms with E-state index in [4.69, 9.17) is 4.74 Å². The fourth-order valence-corrected chi connectivity index (χ4v) is 2.82. The number of nitrogens with zero attached hydrogens (tertiary/aromatic N) is 2. The molecule has 1 amide bonds. The van der Waals surface area contributed by atoms with Gasteiger partial charge in [-0.1, -0.05) is 67.6 Å². The maximum absolute atomic E-state index is 12.7. The topological polar surface area (TPSA) is 32.8 Å². The second kappa shape index (κ2) is 10.1. The zero-order chi connectivity index (χ0) is 19.7. The first-order valence-electron chi connectivity index (χ1n) is 9.65. The normalized spacial score (nSPS) is 11.4. The van der Waals surface area contributed by atoms with Crippen LogP contribution in [0.15, 0.2) is 60.7 Å². The number of hydrogen-bond donors (Lipinski definition) is 0. The molecule has 0 aromatic heterocycles. The minimum Gasteiger partial charge on any atom is -0.444 e. The largest absolute Gasteiger partial charge is 0.444 e. The summed E-state index contributed by atoms with van der Waals surface area (Å²) in [5.74, 6) is 0. The van der Waals surface area contributed by atoms with Crippen LogP contribution in [-0.2, 0) is 17.8 Å². The van der Waals surface area contributed by atoms with Gasteiger partial charge < -0.3 is 9.64 Å². The van der Waals surface area contributed by atoms with E-state index in [1.807, 2.05) is 57.2 Å². The van der Waals surface area contributed by atoms with Crippen LogP contribution >= 0.6 is 0 Å². The van der Waals surface area contributed by atoms with Gasteiger partial charge in [0, 0.05) is 26.2 Å². The van der Waals surface area contributed by atoms with Gasteiger partial charge in [0.1, 0.15) is 5.60 Å². The van der Waals surface area contributed by atoms with Crippen molar-refractivity contribution in [1.82, 2.24) is 9.80 Å². The van der Waals surface area contributed by atoms with Crippen LogP contribution in [0.5, 0.6) is 0 Å². The molecular formula is C23H32N2O2. The molecule has 2 aromatic carbocycles. The van der Waals surface area contributed by atoms with Crippen LogP contribution in [0.25, 0.3) is 0 Å². The molecule has 0 spiro atoms. The standard InChI is InChI=1S/C23H32N2O2/c1-5-24(18-20-12-8-6-9-13-20)16-17-25(22(26)27-23(2,3)4)19-21-14-10-7-11-15-21/h6-15H,5,16-19H2,1-4H3. The molecule has 0 unspecified atom stereocenters. The number of carbonyl (C=O) groups is 1. The molecular weight excluding hydrogens is 336 g/mol. The van der Waals surface area contributed by atoms with Crippen molar-refractivity contribution in [3.05, 3.63) is 71.8 Å². The SMILES string of the molecule is CCN(CCN(Cc1ccccc1)C(=O)OC(C)(C)C)Cc1ccccc1. The first-order chi connectivity index (χ1) is 12.9. The average Bonchev–Trinajstić information content (AvgIpc) is 2.64. The quantitative estimate of drug-likeness (QED) is 0.661. The first-order valence-corrected chi connectivity index (χ1v) is 9.65. The maximum atomic E-state index is 12.7. The summed E-state index contributed by atoms with van der Waals surface area (Å²) in [7, 11) is 0. The summed E-state index contributed by atoms with van der Waals surface area (Å²) in [5, 5.41) is 0. The Labute approximate surface area is 163 Å². The predicted octanol–water partition coefficient (Wildman–Crippen LogP) is 4.95. The van der Waals surface area contributed by atoms with Gasteiger partial charge in [0.25, 0.3) is 0 Å². The fraction of sp³-hybridized carbons (Fsp3) is 0.435. The van der Waals surface area contributed by atoms with E-state index in [1.54, 1.807) is 4.90 Å². The van der Waals surface area contributed by atoms with Gasteiger partial charge in [-0.15, -0.1) is 0 Å². The van der Waals surface area contributed by atoms with Gasteiger partial charge in [-0.2, -0.15) is 0 Å². The molecule has 0 saturated heterocycles. The molecule has 0 saturated carbocycles. The van der Waals surface area contributed by atoms with Crippen LogP contribution in [0.2, 0.25) is 0 Å². The Bertz CT molecular complexity index is 681. The second-order valence-corrected chi connectivity index (χ2v) is 7.74. The molecule has 4 heteroatoms. The highest BCUT2D eigenvalue weighted by Gasteiger charge is 2.22. The molecule has 27 heavy (non-hydrogen) atoms. The molecule has 2 rings (SSSR count). The molecule has 0 atom stereocenters. The van der Waals surface area contributed by atoms with Gasteiger partial charge in [-0.05, 0) is 38.4 Å². The number of benzene rings is 2. The van der Waals surface area contributed by atoms with Crippen molar-refractivity contribution in [3.63, 3.8) is 0 Å². The third kappa shape index (κ3) is 7.83. The Morgan fingerprint density at radius 3 is 1.85 bits per heavy atom. The molecule has 2 aromatic rings. The third-order valence-electron chi connectivity index (χ3n) is 4.25. The van der Waals surface area contributed by atoms with Crippen LogP contribution in [0.1, 0.15) is 38.8 Å². The predicted molar refractivity (Wildman–Crippen MR) is 110 cm³/mol. The zero-order valence-corrected chi connectivity index (χ0v) is 17.0. The van der Waals surface area contributed by atoms with E-state index >= 15 is 0 Å². The van der Waals surface area contributed by atoms with E-state index in [1.165, 1.54) is 5.56 Å². The van der Waals surface area contributed by atoms with E-state index in [2.05, 4.69) is 36.1 Å². The van der Waals surface area contributed by atoms with Crippen molar-refractivity contribution in [2.24, 2.45) is 0 Å². The highest BCUT2D eigenvalue weighted by Crippen LogP contribution is 2.13. The van der Waals surface area contributed by atoms with Crippen LogP contribution in [0.4, 0.5) is 4.79 Å². The van der Waals surface area contributed by atoms with E-state index < -0.39 is 5.60 Å². The summed E-state index contributed by atoms with van der Waals surface area (Å²) >= 11 is 0. The number of amides is 1. The molecule has 4 nitrogen and oxygen atoms in total. The van der Waals surface area contributed by atoms with Gasteiger partial charge in [0.05, 0.1) is 0 Å². The lowest BCUT2D eigenvalue weighted by Crippen LogP contribution is -2.41. The lowest BCUT2D eigenvalue weighted by atomic mass is 10.2. The van der Waals surface area contributed by atoms with E-state index in [9.17, 15) is 4.79 Å². The average molecular weight is 369 g/mol. The number of rotatable bonds is 8. The maximum Gasteiger partial charge on any atom is 0.410 e. The molecule has 0 aliphatic rings. The van der Waals surface area contributed by atoms with Crippen molar-refractivity contribution in [2.45, 2.75) is 46.4 Å². The van der Waals surface area contributed by atoms with Crippen LogP contribution in [-0.4, -0.2) is 41.1 Å². The van der Waals surface area contributed by atoms with Gasteiger partial charge in [-0.25, -0.2) is 4.79 Å². The number of carbonyl (C=O) groups excluding carboxylic acids is 1. The van der Waals surface area contributed by atoms with Crippen LogP contribution in [0, 0.1) is 0 Å². The van der Waals surface area contributed by atoms with Crippen molar-refractivity contribution < 1.29 is 9.53 Å². The van der Waals surface area contributed by atoms with Crippen LogP contribution < -0.4 is 0 Å². The summed E-state index contributed by atoms with van der Waals surface area (Å²) < 4.78 is 5.62. The lowest BCUT2D eigenvalue weighted by molar-refractivity contribution is 0.0214. The monoisotopic (exact) mass is 368 g/mol. The molecule has 0 radical (unpaired) electrons. The molecule has 0 aliphatic carbocycles. The molecule has 146 valence electrons. The Morgan fingerprint density at radius 1 is 0.852 bits per heavy atom. The molecule has 0 fully saturated rings. The Morgan fingerprint density at radius 2 is 1.37 bits per heavy atom. The number of likely N-dealkylation sites (N-methyl/N-ethyl adjacent to an activating group) is 1. The summed E-state index contributed by atoms with van der Waals surface area (Å²) in [4.78, 5) is 16.9. The summed E-state index contributed by atoms with van der Waals surface area (Å²) in [6.45, 7) is 11.7. The summed E-state index contributed by atoms with van der Waals surface area (Å²) in [6.07, 6.45) is -0.262. The lowest BCUT2D eigenvalue weighted by Gasteiger charge is -2.30. The Hall–Kier alpha value is -2.33.